The molecule has 3 N–H and O–H groups in total. The zero-order valence-electron chi connectivity index (χ0n) is 14.0. The quantitative estimate of drug-likeness (QED) is 0.621. The van der Waals surface area contributed by atoms with Gasteiger partial charge in [0.2, 0.25) is 17.8 Å². The van der Waals surface area contributed by atoms with Crippen LogP contribution in [-0.2, 0) is 0 Å². The van der Waals surface area contributed by atoms with Crippen LogP contribution in [0.5, 0.6) is 0 Å². The Morgan fingerprint density at radius 1 is 0.760 bits per heavy atom. The Morgan fingerprint density at radius 3 is 2.04 bits per heavy atom. The lowest BCUT2D eigenvalue weighted by Gasteiger charge is -2.13. The number of nitrogens with one attached hydrogen (secondary N) is 3. The van der Waals surface area contributed by atoms with Crippen LogP contribution < -0.4 is 16.0 Å². The van der Waals surface area contributed by atoms with Crippen molar-refractivity contribution in [3.63, 3.8) is 0 Å². The summed E-state index contributed by atoms with van der Waals surface area (Å²) in [5.41, 5.74) is 1.15. The summed E-state index contributed by atoms with van der Waals surface area (Å²) in [5.74, 6) is 0.644. The Labute approximate surface area is 145 Å². The van der Waals surface area contributed by atoms with Gasteiger partial charge in [-0.05, 0) is 38.1 Å². The Bertz CT molecular complexity index is 838. The fourth-order valence-corrected chi connectivity index (χ4v) is 2.14. The maximum Gasteiger partial charge on any atom is 0.233 e. The number of hydrogen-bond donors (Lipinski definition) is 3. The van der Waals surface area contributed by atoms with Crippen LogP contribution >= 0.6 is 0 Å². The first-order chi connectivity index (χ1) is 12.1. The Morgan fingerprint density at radius 2 is 1.36 bits per heavy atom. The molecule has 2 aromatic carbocycles. The van der Waals surface area contributed by atoms with Crippen LogP contribution in [0.3, 0.4) is 0 Å². The molecule has 1 aromatic heterocycles. The summed E-state index contributed by atoms with van der Waals surface area (Å²) in [4.78, 5) is 13.0. The molecule has 0 bridgehead atoms. The second-order valence-corrected chi connectivity index (χ2v) is 5.70. The normalized spacial score (nSPS) is 10.6. The molecule has 0 atom stereocenters. The summed E-state index contributed by atoms with van der Waals surface area (Å²) < 4.78 is 13.9. The smallest absolute Gasteiger partial charge is 0.233 e. The van der Waals surface area contributed by atoms with Crippen LogP contribution in [-0.4, -0.2) is 21.0 Å². The number of hydrogen-bond acceptors (Lipinski definition) is 6. The maximum atomic E-state index is 13.9. The van der Waals surface area contributed by atoms with Crippen LogP contribution in [0.4, 0.5) is 33.6 Å². The number of anilines is 5. The largest absolute Gasteiger partial charge is 0.352 e. The zero-order chi connectivity index (χ0) is 17.6. The Kier molecular flexibility index (Phi) is 5.03. The van der Waals surface area contributed by atoms with E-state index in [1.54, 1.807) is 18.2 Å². The van der Waals surface area contributed by atoms with Crippen molar-refractivity contribution in [2.45, 2.75) is 19.9 Å². The van der Waals surface area contributed by atoms with E-state index in [1.807, 2.05) is 44.2 Å². The summed E-state index contributed by atoms with van der Waals surface area (Å²) >= 11 is 0. The van der Waals surface area contributed by atoms with Gasteiger partial charge in [0, 0.05) is 11.7 Å². The number of aromatic nitrogens is 3. The third kappa shape index (κ3) is 4.63. The van der Waals surface area contributed by atoms with Crippen LogP contribution in [0.25, 0.3) is 0 Å². The molecule has 0 unspecified atom stereocenters. The maximum absolute atomic E-state index is 13.9. The predicted octanol–water partition coefficient (Wildman–Crippen LogP) is 4.32. The van der Waals surface area contributed by atoms with E-state index in [1.165, 1.54) is 6.07 Å². The average molecular weight is 338 g/mol. The molecule has 3 rings (SSSR count). The zero-order valence-corrected chi connectivity index (χ0v) is 14.0. The lowest BCUT2D eigenvalue weighted by atomic mass is 10.3. The Balaban J connectivity index is 1.91. The van der Waals surface area contributed by atoms with E-state index in [2.05, 4.69) is 30.9 Å². The van der Waals surface area contributed by atoms with E-state index >= 15 is 0 Å². The van der Waals surface area contributed by atoms with Gasteiger partial charge in [-0.2, -0.15) is 15.0 Å². The van der Waals surface area contributed by atoms with Crippen molar-refractivity contribution in [2.24, 2.45) is 0 Å². The molecular formula is C18H19FN6. The van der Waals surface area contributed by atoms with Crippen molar-refractivity contribution >= 4 is 29.2 Å². The molecule has 0 spiro atoms. The number of rotatable bonds is 6. The van der Waals surface area contributed by atoms with E-state index in [0.29, 0.717) is 17.6 Å². The number of para-hydroxylation sites is 2. The molecule has 7 heteroatoms. The van der Waals surface area contributed by atoms with Gasteiger partial charge in [-0.1, -0.05) is 30.3 Å². The summed E-state index contributed by atoms with van der Waals surface area (Å²) in [5, 5.41) is 9.15. The van der Waals surface area contributed by atoms with E-state index in [0.717, 1.165) is 5.69 Å². The van der Waals surface area contributed by atoms with Crippen LogP contribution in [0.2, 0.25) is 0 Å². The molecule has 0 saturated carbocycles. The lowest BCUT2D eigenvalue weighted by Crippen LogP contribution is -2.15. The van der Waals surface area contributed by atoms with Gasteiger partial charge in [0.1, 0.15) is 5.82 Å². The molecule has 3 aromatic rings. The minimum absolute atomic E-state index is 0.147. The van der Waals surface area contributed by atoms with E-state index in [4.69, 9.17) is 0 Å². The average Bonchev–Trinajstić information content (AvgIpc) is 2.57. The third-order valence-corrected chi connectivity index (χ3v) is 3.20. The third-order valence-electron chi connectivity index (χ3n) is 3.20. The van der Waals surface area contributed by atoms with Crippen molar-refractivity contribution < 1.29 is 4.39 Å². The van der Waals surface area contributed by atoms with Gasteiger partial charge in [0.15, 0.2) is 0 Å². The van der Waals surface area contributed by atoms with Gasteiger partial charge in [0.05, 0.1) is 5.69 Å². The first-order valence-corrected chi connectivity index (χ1v) is 7.96. The molecule has 25 heavy (non-hydrogen) atoms. The van der Waals surface area contributed by atoms with Gasteiger partial charge in [-0.15, -0.1) is 0 Å². The van der Waals surface area contributed by atoms with Gasteiger partial charge in [0.25, 0.3) is 0 Å². The summed E-state index contributed by atoms with van der Waals surface area (Å²) in [6.45, 7) is 3.97. The highest BCUT2D eigenvalue weighted by Gasteiger charge is 2.10. The highest BCUT2D eigenvalue weighted by molar-refractivity contribution is 5.59. The van der Waals surface area contributed by atoms with Gasteiger partial charge >= 0.3 is 0 Å². The second kappa shape index (κ2) is 7.57. The molecule has 0 saturated heterocycles. The molecule has 1 heterocycles. The molecule has 0 aliphatic heterocycles. The molecule has 6 nitrogen and oxygen atoms in total. The summed E-state index contributed by atoms with van der Waals surface area (Å²) in [6.07, 6.45) is 0. The van der Waals surface area contributed by atoms with Crippen molar-refractivity contribution in [3.05, 3.63) is 60.4 Å². The first kappa shape index (κ1) is 16.6. The molecule has 0 aliphatic carbocycles. The minimum atomic E-state index is -0.376. The van der Waals surface area contributed by atoms with Crippen molar-refractivity contribution in [1.82, 2.24) is 15.0 Å². The lowest BCUT2D eigenvalue weighted by molar-refractivity contribution is 0.631. The van der Waals surface area contributed by atoms with Crippen LogP contribution in [0.1, 0.15) is 13.8 Å². The standard InChI is InChI=1S/C18H19FN6/c1-12(2)20-16-23-17(21-13-8-4-3-5-9-13)25-18(24-16)22-15-11-7-6-10-14(15)19/h3-12H,1-2H3,(H3,20,21,22,23,24,25). The van der Waals surface area contributed by atoms with E-state index < -0.39 is 0 Å². The minimum Gasteiger partial charge on any atom is -0.352 e. The van der Waals surface area contributed by atoms with Gasteiger partial charge in [-0.3, -0.25) is 0 Å². The first-order valence-electron chi connectivity index (χ1n) is 7.96. The molecule has 0 radical (unpaired) electrons. The van der Waals surface area contributed by atoms with Crippen LogP contribution in [0, 0.1) is 5.82 Å². The fourth-order valence-electron chi connectivity index (χ4n) is 2.14. The van der Waals surface area contributed by atoms with Crippen LogP contribution in [0.15, 0.2) is 54.6 Å². The number of benzene rings is 2. The van der Waals surface area contributed by atoms with Crippen molar-refractivity contribution in [1.29, 1.82) is 0 Å². The van der Waals surface area contributed by atoms with Gasteiger partial charge in [-0.25, -0.2) is 4.39 Å². The fraction of sp³-hybridized carbons (Fsp3) is 0.167. The number of nitrogens with zero attached hydrogens (tertiary/aromatic N) is 3. The highest BCUT2D eigenvalue weighted by atomic mass is 19.1. The molecule has 128 valence electrons. The molecule has 0 amide bonds. The molecule has 0 fully saturated rings. The van der Waals surface area contributed by atoms with Gasteiger partial charge < -0.3 is 16.0 Å². The number of halogens is 1. The topological polar surface area (TPSA) is 74.8 Å². The van der Waals surface area contributed by atoms with Crippen molar-refractivity contribution in [3.8, 4) is 0 Å². The SMILES string of the molecule is CC(C)Nc1nc(Nc2ccccc2)nc(Nc2ccccc2F)n1. The molecule has 0 aliphatic rings. The highest BCUT2D eigenvalue weighted by Crippen LogP contribution is 2.20. The Hall–Kier alpha value is -3.22. The summed E-state index contributed by atoms with van der Waals surface area (Å²) in [7, 11) is 0. The van der Waals surface area contributed by atoms with E-state index in [-0.39, 0.29) is 17.8 Å². The summed E-state index contributed by atoms with van der Waals surface area (Å²) in [6, 6.07) is 16.1. The molecular weight excluding hydrogens is 319 g/mol. The second-order valence-electron chi connectivity index (χ2n) is 5.70. The van der Waals surface area contributed by atoms with E-state index in [9.17, 15) is 4.39 Å². The predicted molar refractivity (Wildman–Crippen MR) is 98.0 cm³/mol. The van der Waals surface area contributed by atoms with Crippen molar-refractivity contribution in [2.75, 3.05) is 16.0 Å². The monoisotopic (exact) mass is 338 g/mol.